The molecule has 0 amide bonds. The van der Waals surface area contributed by atoms with E-state index in [9.17, 15) is 0 Å². The normalized spacial score (nSPS) is 11.3. The maximum absolute atomic E-state index is 5.43. The summed E-state index contributed by atoms with van der Waals surface area (Å²) in [4.78, 5) is 15.2. The van der Waals surface area contributed by atoms with Crippen LogP contribution < -0.4 is 0 Å². The summed E-state index contributed by atoms with van der Waals surface area (Å²) in [6, 6.07) is 69.2. The lowest BCUT2D eigenvalue weighted by molar-refractivity contribution is 0.917. The molecule has 55 heavy (non-hydrogen) atoms. The van der Waals surface area contributed by atoms with E-state index in [1.165, 1.54) is 0 Å². The lowest BCUT2D eigenvalue weighted by Gasteiger charge is -2.12. The standard InChI is InChI=1S/C50H33N5/c1-5-17-34(18-6-1)38-26-15-27-40(31-38)49-51-48(37-23-11-4-12-24-37)52-50(53-49)41-28-16-29-42(32-41)55-47-43-30-14-13-25-39(43)33-44(35-19-7-2-8-20-35)45(47)46(54-55)36-21-9-3-10-22-36/h1-33H. The zero-order chi connectivity index (χ0) is 36.6. The molecule has 0 fully saturated rings. The van der Waals surface area contributed by atoms with Crippen molar-refractivity contribution in [3.8, 4) is 73.4 Å². The Labute approximate surface area is 318 Å². The van der Waals surface area contributed by atoms with Crippen LogP contribution in [0.15, 0.2) is 200 Å². The molecule has 5 heteroatoms. The average Bonchev–Trinajstić information content (AvgIpc) is 3.69. The Morgan fingerprint density at radius 3 is 1.51 bits per heavy atom. The molecule has 0 aliphatic heterocycles. The second kappa shape index (κ2) is 13.8. The molecule has 0 saturated carbocycles. The van der Waals surface area contributed by atoms with Gasteiger partial charge in [-0.25, -0.2) is 19.6 Å². The molecule has 5 nitrogen and oxygen atoms in total. The van der Waals surface area contributed by atoms with Crippen molar-refractivity contribution in [2.24, 2.45) is 0 Å². The molecule has 0 atom stereocenters. The predicted molar refractivity (Wildman–Crippen MR) is 225 cm³/mol. The first-order chi connectivity index (χ1) is 27.3. The fraction of sp³-hybridized carbons (Fsp3) is 0. The van der Waals surface area contributed by atoms with E-state index in [-0.39, 0.29) is 0 Å². The first kappa shape index (κ1) is 32.2. The van der Waals surface area contributed by atoms with Crippen molar-refractivity contribution in [1.29, 1.82) is 0 Å². The van der Waals surface area contributed by atoms with Crippen LogP contribution in [0.5, 0.6) is 0 Å². The van der Waals surface area contributed by atoms with Crippen LogP contribution in [-0.4, -0.2) is 24.7 Å². The first-order valence-corrected chi connectivity index (χ1v) is 18.4. The molecule has 0 bridgehead atoms. The second-order valence-corrected chi connectivity index (χ2v) is 13.5. The highest BCUT2D eigenvalue weighted by molar-refractivity contribution is 6.17. The van der Waals surface area contributed by atoms with Gasteiger partial charge in [-0.15, -0.1) is 0 Å². The van der Waals surface area contributed by atoms with Gasteiger partial charge in [0.15, 0.2) is 17.5 Å². The average molecular weight is 704 g/mol. The van der Waals surface area contributed by atoms with Crippen LogP contribution in [0, 0.1) is 0 Å². The van der Waals surface area contributed by atoms with Crippen molar-refractivity contribution in [3.05, 3.63) is 200 Å². The number of fused-ring (bicyclic) bond motifs is 3. The maximum atomic E-state index is 5.43. The highest BCUT2D eigenvalue weighted by atomic mass is 15.3. The van der Waals surface area contributed by atoms with Gasteiger partial charge in [0.25, 0.3) is 0 Å². The third-order valence-electron chi connectivity index (χ3n) is 10.0. The molecule has 0 saturated heterocycles. The molecule has 0 N–H and O–H groups in total. The zero-order valence-electron chi connectivity index (χ0n) is 29.8. The molecule has 0 radical (unpaired) electrons. The lowest BCUT2D eigenvalue weighted by Crippen LogP contribution is -2.02. The quantitative estimate of drug-likeness (QED) is 0.166. The van der Waals surface area contributed by atoms with Gasteiger partial charge in [0.1, 0.15) is 5.69 Å². The lowest BCUT2D eigenvalue weighted by atomic mass is 9.94. The van der Waals surface area contributed by atoms with E-state index < -0.39 is 0 Å². The fourth-order valence-electron chi connectivity index (χ4n) is 7.41. The molecular weight excluding hydrogens is 671 g/mol. The summed E-state index contributed by atoms with van der Waals surface area (Å²) < 4.78 is 2.10. The van der Waals surface area contributed by atoms with Gasteiger partial charge in [0, 0.05) is 33.0 Å². The van der Waals surface area contributed by atoms with E-state index in [1.807, 2.05) is 42.5 Å². The molecule has 258 valence electrons. The zero-order valence-corrected chi connectivity index (χ0v) is 29.8. The topological polar surface area (TPSA) is 56.5 Å². The molecule has 2 heterocycles. The van der Waals surface area contributed by atoms with Gasteiger partial charge in [-0.05, 0) is 51.9 Å². The van der Waals surface area contributed by atoms with Crippen molar-refractivity contribution in [2.45, 2.75) is 0 Å². The van der Waals surface area contributed by atoms with Gasteiger partial charge in [0.2, 0.25) is 0 Å². The molecule has 0 spiro atoms. The third kappa shape index (κ3) is 6.04. The number of benzene rings is 8. The molecule has 0 unspecified atom stereocenters. The minimum Gasteiger partial charge on any atom is -0.232 e. The van der Waals surface area contributed by atoms with E-state index in [1.54, 1.807) is 0 Å². The summed E-state index contributed by atoms with van der Waals surface area (Å²) in [5.74, 6) is 1.82. The highest BCUT2D eigenvalue weighted by Crippen LogP contribution is 2.42. The Hall–Kier alpha value is -7.50. The summed E-state index contributed by atoms with van der Waals surface area (Å²) in [6.07, 6.45) is 0. The summed E-state index contributed by atoms with van der Waals surface area (Å²) in [5, 5.41) is 8.82. The molecule has 2 aromatic heterocycles. The largest absolute Gasteiger partial charge is 0.232 e. The van der Waals surface area contributed by atoms with E-state index in [2.05, 4.69) is 162 Å². The van der Waals surface area contributed by atoms with Crippen LogP contribution in [-0.2, 0) is 0 Å². The maximum Gasteiger partial charge on any atom is 0.164 e. The first-order valence-electron chi connectivity index (χ1n) is 18.4. The molecule has 10 aromatic rings. The number of aromatic nitrogens is 5. The summed E-state index contributed by atoms with van der Waals surface area (Å²) in [5.41, 5.74) is 11.2. The van der Waals surface area contributed by atoms with Gasteiger partial charge in [-0.2, -0.15) is 5.10 Å². The number of hydrogen-bond acceptors (Lipinski definition) is 4. The van der Waals surface area contributed by atoms with Gasteiger partial charge in [-0.1, -0.05) is 176 Å². The summed E-state index contributed by atoms with van der Waals surface area (Å²) >= 11 is 0. The van der Waals surface area contributed by atoms with Gasteiger partial charge < -0.3 is 0 Å². The summed E-state index contributed by atoms with van der Waals surface area (Å²) in [7, 11) is 0. The predicted octanol–water partition coefficient (Wildman–Crippen LogP) is 12.4. The van der Waals surface area contributed by atoms with Crippen LogP contribution in [0.1, 0.15) is 0 Å². The van der Waals surface area contributed by atoms with Gasteiger partial charge >= 0.3 is 0 Å². The fourth-order valence-corrected chi connectivity index (χ4v) is 7.41. The molecule has 8 aromatic carbocycles. The minimum atomic E-state index is 0.588. The van der Waals surface area contributed by atoms with Crippen LogP contribution in [0.2, 0.25) is 0 Å². The Morgan fingerprint density at radius 1 is 0.345 bits per heavy atom. The van der Waals surface area contributed by atoms with Crippen LogP contribution in [0.3, 0.4) is 0 Å². The van der Waals surface area contributed by atoms with Crippen LogP contribution >= 0.6 is 0 Å². The minimum absolute atomic E-state index is 0.588. The molecule has 10 rings (SSSR count). The Kier molecular flexibility index (Phi) is 8.08. The summed E-state index contributed by atoms with van der Waals surface area (Å²) in [6.45, 7) is 0. The third-order valence-corrected chi connectivity index (χ3v) is 10.0. The SMILES string of the molecule is c1ccc(-c2cccc(-c3nc(-c4ccccc4)nc(-c4cccc(-n5nc(-c6ccccc6)c6c(-c7ccccc7)cc7ccccc7c65)c4)n3)c2)cc1. The van der Waals surface area contributed by atoms with Crippen molar-refractivity contribution < 1.29 is 0 Å². The monoisotopic (exact) mass is 703 g/mol. The number of rotatable bonds is 7. The smallest absolute Gasteiger partial charge is 0.164 e. The van der Waals surface area contributed by atoms with Crippen molar-refractivity contribution in [2.75, 3.05) is 0 Å². The highest BCUT2D eigenvalue weighted by Gasteiger charge is 2.22. The van der Waals surface area contributed by atoms with Crippen molar-refractivity contribution in [1.82, 2.24) is 24.7 Å². The molecular formula is C50H33N5. The van der Waals surface area contributed by atoms with Gasteiger partial charge in [0.05, 0.1) is 11.2 Å². The Balaban J connectivity index is 1.19. The molecule has 0 aliphatic rings. The van der Waals surface area contributed by atoms with E-state index in [0.717, 1.165) is 77.6 Å². The van der Waals surface area contributed by atoms with Crippen LogP contribution in [0.25, 0.3) is 95.0 Å². The van der Waals surface area contributed by atoms with Crippen molar-refractivity contribution in [3.63, 3.8) is 0 Å². The second-order valence-electron chi connectivity index (χ2n) is 13.5. The van der Waals surface area contributed by atoms with Gasteiger partial charge in [-0.3, -0.25) is 0 Å². The number of hydrogen-bond donors (Lipinski definition) is 0. The Bertz CT molecular complexity index is 2960. The van der Waals surface area contributed by atoms with Crippen molar-refractivity contribution >= 4 is 21.7 Å². The van der Waals surface area contributed by atoms with Crippen LogP contribution in [0.4, 0.5) is 0 Å². The van der Waals surface area contributed by atoms with E-state index in [0.29, 0.717) is 17.5 Å². The van der Waals surface area contributed by atoms with E-state index >= 15 is 0 Å². The molecule has 0 aliphatic carbocycles. The van der Waals surface area contributed by atoms with E-state index in [4.69, 9.17) is 20.1 Å². The number of nitrogens with zero attached hydrogens (tertiary/aromatic N) is 5. The Morgan fingerprint density at radius 2 is 0.836 bits per heavy atom.